The van der Waals surface area contributed by atoms with Gasteiger partial charge in [-0.1, -0.05) is 24.6 Å². The lowest BCUT2D eigenvalue weighted by atomic mass is 9.82. The highest BCUT2D eigenvalue weighted by Crippen LogP contribution is 2.32. The van der Waals surface area contributed by atoms with E-state index in [4.69, 9.17) is 4.74 Å². The fourth-order valence-corrected chi connectivity index (χ4v) is 3.50. The highest BCUT2D eigenvalue weighted by atomic mass is 16.6. The van der Waals surface area contributed by atoms with Crippen molar-refractivity contribution in [1.29, 1.82) is 0 Å². The zero-order chi connectivity index (χ0) is 14.7. The van der Waals surface area contributed by atoms with Crippen molar-refractivity contribution in [3.8, 4) is 5.75 Å². The summed E-state index contributed by atoms with van der Waals surface area (Å²) in [6, 6.07) is 9.15. The molecular weight excluding hydrogens is 266 g/mol. The molecule has 1 aliphatic heterocycles. The van der Waals surface area contributed by atoms with E-state index in [1.807, 2.05) is 18.2 Å². The van der Waals surface area contributed by atoms with Crippen LogP contribution in [-0.4, -0.2) is 29.4 Å². The first-order chi connectivity index (χ1) is 10.3. The molecular formula is C17H21NO3. The van der Waals surface area contributed by atoms with Gasteiger partial charge in [-0.3, -0.25) is 4.79 Å². The molecule has 4 heteroatoms. The Morgan fingerprint density at radius 3 is 2.67 bits per heavy atom. The van der Waals surface area contributed by atoms with Crippen LogP contribution in [0.1, 0.15) is 38.5 Å². The van der Waals surface area contributed by atoms with E-state index in [1.165, 1.54) is 0 Å². The molecule has 1 aliphatic carbocycles. The predicted molar refractivity (Wildman–Crippen MR) is 79.2 cm³/mol. The van der Waals surface area contributed by atoms with Gasteiger partial charge in [0.2, 0.25) is 0 Å². The Hall–Kier alpha value is -1.84. The molecule has 2 atom stereocenters. The van der Waals surface area contributed by atoms with Gasteiger partial charge in [0, 0.05) is 24.9 Å². The van der Waals surface area contributed by atoms with Gasteiger partial charge >= 0.3 is 6.09 Å². The van der Waals surface area contributed by atoms with Crippen molar-refractivity contribution in [3.63, 3.8) is 0 Å². The lowest BCUT2D eigenvalue weighted by molar-refractivity contribution is -0.126. The number of Topliss-reactive ketones (excluding diaryl/α,β-unsaturated/α-hetero) is 1. The summed E-state index contributed by atoms with van der Waals surface area (Å²) in [5.41, 5.74) is 0. The molecule has 2 unspecified atom stereocenters. The zero-order valence-electron chi connectivity index (χ0n) is 12.2. The van der Waals surface area contributed by atoms with Crippen LogP contribution in [0.15, 0.2) is 30.3 Å². The Morgan fingerprint density at radius 1 is 1.10 bits per heavy atom. The largest absolute Gasteiger partial charge is 0.415 e. The molecule has 1 saturated carbocycles. The number of carbonyl (C=O) groups excluding carboxylic acids is 2. The summed E-state index contributed by atoms with van der Waals surface area (Å²) >= 11 is 0. The van der Waals surface area contributed by atoms with Crippen molar-refractivity contribution in [2.24, 2.45) is 5.92 Å². The van der Waals surface area contributed by atoms with Crippen LogP contribution in [0.5, 0.6) is 5.75 Å². The van der Waals surface area contributed by atoms with Gasteiger partial charge in [0.25, 0.3) is 0 Å². The molecule has 112 valence electrons. The van der Waals surface area contributed by atoms with Crippen LogP contribution in [0.4, 0.5) is 4.79 Å². The molecule has 1 aromatic carbocycles. The van der Waals surface area contributed by atoms with Gasteiger partial charge in [0.15, 0.2) is 0 Å². The van der Waals surface area contributed by atoms with Gasteiger partial charge in [0.05, 0.1) is 0 Å². The molecule has 3 rings (SSSR count). The number of ketones is 1. The smallest absolute Gasteiger partial charge is 0.410 e. The third kappa shape index (κ3) is 3.09. The summed E-state index contributed by atoms with van der Waals surface area (Å²) in [5, 5.41) is 0. The van der Waals surface area contributed by atoms with E-state index < -0.39 is 0 Å². The van der Waals surface area contributed by atoms with Gasteiger partial charge in [-0.15, -0.1) is 0 Å². The molecule has 0 radical (unpaired) electrons. The quantitative estimate of drug-likeness (QED) is 0.837. The number of carbonyl (C=O) groups is 2. The van der Waals surface area contributed by atoms with Crippen molar-refractivity contribution in [2.45, 2.75) is 44.6 Å². The average Bonchev–Trinajstić information content (AvgIpc) is 2.98. The fourth-order valence-electron chi connectivity index (χ4n) is 3.50. The number of hydrogen-bond donors (Lipinski definition) is 0. The van der Waals surface area contributed by atoms with Crippen molar-refractivity contribution in [2.75, 3.05) is 6.54 Å². The normalized spacial score (nSPS) is 25.9. The van der Waals surface area contributed by atoms with Crippen molar-refractivity contribution in [3.05, 3.63) is 30.3 Å². The van der Waals surface area contributed by atoms with Crippen LogP contribution in [-0.2, 0) is 4.79 Å². The van der Waals surface area contributed by atoms with Crippen LogP contribution in [0, 0.1) is 5.92 Å². The number of amides is 1. The number of rotatable bonds is 2. The first-order valence-corrected chi connectivity index (χ1v) is 7.82. The minimum absolute atomic E-state index is 0.0181. The molecule has 2 aliphatic rings. The third-order valence-electron chi connectivity index (χ3n) is 4.55. The number of hydrogen-bond acceptors (Lipinski definition) is 3. The molecule has 0 aromatic heterocycles. The summed E-state index contributed by atoms with van der Waals surface area (Å²) in [7, 11) is 0. The average molecular weight is 287 g/mol. The van der Waals surface area contributed by atoms with Gasteiger partial charge in [0.1, 0.15) is 11.5 Å². The summed E-state index contributed by atoms with van der Waals surface area (Å²) in [4.78, 5) is 26.3. The molecule has 1 heterocycles. The molecule has 1 aromatic rings. The van der Waals surface area contributed by atoms with Crippen molar-refractivity contribution >= 4 is 11.9 Å². The number of likely N-dealkylation sites (tertiary alicyclic amines) is 1. The molecule has 0 N–H and O–H groups in total. The van der Waals surface area contributed by atoms with Gasteiger partial charge < -0.3 is 9.64 Å². The van der Waals surface area contributed by atoms with Crippen LogP contribution in [0.2, 0.25) is 0 Å². The minimum atomic E-state index is -0.318. The summed E-state index contributed by atoms with van der Waals surface area (Å²) in [6.07, 6.45) is 5.23. The number of benzene rings is 1. The van der Waals surface area contributed by atoms with E-state index in [2.05, 4.69) is 0 Å². The second-order valence-electron chi connectivity index (χ2n) is 5.90. The van der Waals surface area contributed by atoms with Crippen LogP contribution < -0.4 is 4.74 Å². The van der Waals surface area contributed by atoms with Crippen molar-refractivity contribution in [1.82, 2.24) is 4.90 Å². The minimum Gasteiger partial charge on any atom is -0.410 e. The lowest BCUT2D eigenvalue weighted by Crippen LogP contribution is -2.44. The van der Waals surface area contributed by atoms with Crippen LogP contribution >= 0.6 is 0 Å². The van der Waals surface area contributed by atoms with E-state index in [1.54, 1.807) is 17.0 Å². The summed E-state index contributed by atoms with van der Waals surface area (Å²) in [6.45, 7) is 0.695. The van der Waals surface area contributed by atoms with Gasteiger partial charge in [-0.25, -0.2) is 4.79 Å². The first-order valence-electron chi connectivity index (χ1n) is 7.82. The second-order valence-corrected chi connectivity index (χ2v) is 5.90. The standard InChI is InChI=1S/C17H21NO3/c19-16-11-5-4-9-14(16)15-10-6-12-18(15)17(20)21-13-7-2-1-3-8-13/h1-3,7-8,14-15H,4-6,9-12H2. The molecule has 2 fully saturated rings. The molecule has 0 spiro atoms. The zero-order valence-corrected chi connectivity index (χ0v) is 12.2. The maximum atomic E-state index is 12.4. The lowest BCUT2D eigenvalue weighted by Gasteiger charge is -2.32. The summed E-state index contributed by atoms with van der Waals surface area (Å²) in [5.74, 6) is 0.901. The van der Waals surface area contributed by atoms with E-state index in [0.29, 0.717) is 24.5 Å². The second kappa shape index (κ2) is 6.29. The van der Waals surface area contributed by atoms with Crippen LogP contribution in [0.3, 0.4) is 0 Å². The molecule has 4 nitrogen and oxygen atoms in total. The van der Waals surface area contributed by atoms with Gasteiger partial charge in [-0.2, -0.15) is 0 Å². The predicted octanol–water partition coefficient (Wildman–Crippen LogP) is 3.41. The fraction of sp³-hybridized carbons (Fsp3) is 0.529. The van der Waals surface area contributed by atoms with E-state index in [9.17, 15) is 9.59 Å². The Labute approximate surface area is 125 Å². The maximum absolute atomic E-state index is 12.4. The SMILES string of the molecule is O=C1CCCCC1C1CCCN1C(=O)Oc1ccccc1. The highest BCUT2D eigenvalue weighted by molar-refractivity contribution is 5.83. The molecule has 1 saturated heterocycles. The first kappa shape index (κ1) is 14.1. The monoisotopic (exact) mass is 287 g/mol. The summed E-state index contributed by atoms with van der Waals surface area (Å²) < 4.78 is 5.43. The van der Waals surface area contributed by atoms with Crippen molar-refractivity contribution < 1.29 is 14.3 Å². The Kier molecular flexibility index (Phi) is 4.23. The number of nitrogens with zero attached hydrogens (tertiary/aromatic N) is 1. The number of ether oxygens (including phenoxy) is 1. The topological polar surface area (TPSA) is 46.6 Å². The van der Waals surface area contributed by atoms with Crippen LogP contribution in [0.25, 0.3) is 0 Å². The molecule has 21 heavy (non-hydrogen) atoms. The maximum Gasteiger partial charge on any atom is 0.415 e. The third-order valence-corrected chi connectivity index (χ3v) is 4.55. The Morgan fingerprint density at radius 2 is 1.90 bits per heavy atom. The van der Waals surface area contributed by atoms with E-state index in [-0.39, 0.29) is 18.1 Å². The van der Waals surface area contributed by atoms with E-state index in [0.717, 1.165) is 32.1 Å². The Balaban J connectivity index is 1.68. The molecule has 0 bridgehead atoms. The Bertz CT molecular complexity index is 514. The highest BCUT2D eigenvalue weighted by Gasteiger charge is 2.39. The van der Waals surface area contributed by atoms with E-state index >= 15 is 0 Å². The number of para-hydroxylation sites is 1. The van der Waals surface area contributed by atoms with Gasteiger partial charge in [-0.05, 0) is 37.8 Å². The molecule has 1 amide bonds.